The van der Waals surface area contributed by atoms with Crippen molar-refractivity contribution in [1.82, 2.24) is 9.21 Å². The van der Waals surface area contributed by atoms with E-state index in [-0.39, 0.29) is 53.2 Å². The number of ether oxygens (including phenoxy) is 1. The minimum absolute atomic E-state index is 0.00114. The molecule has 1 aromatic rings. The number of allylic oxidation sites excluding steroid dienone is 1. The molecule has 0 spiro atoms. The summed E-state index contributed by atoms with van der Waals surface area (Å²) in [5.74, 6) is -1.64. The maximum absolute atomic E-state index is 14.3. The molecule has 0 unspecified atom stereocenters. The molecular formula is C27H33ClF3N3O4S. The number of carbonyl (C=O) groups excluding carboxylic acids is 3. The number of hydrogen-bond donors (Lipinski definition) is 1. The lowest BCUT2D eigenvalue weighted by Crippen LogP contribution is -2.45. The summed E-state index contributed by atoms with van der Waals surface area (Å²) in [6.45, 7) is 4.14. The van der Waals surface area contributed by atoms with Gasteiger partial charge in [0, 0.05) is 31.8 Å². The van der Waals surface area contributed by atoms with Crippen molar-refractivity contribution < 1.29 is 32.3 Å². The molecule has 2 aliphatic rings. The van der Waals surface area contributed by atoms with Crippen molar-refractivity contribution in [2.75, 3.05) is 33.3 Å². The summed E-state index contributed by atoms with van der Waals surface area (Å²) in [5.41, 5.74) is -0.754. The number of halogens is 4. The largest absolute Gasteiger partial charge is 0.496 e. The molecule has 1 heterocycles. The van der Waals surface area contributed by atoms with E-state index in [9.17, 15) is 27.6 Å². The summed E-state index contributed by atoms with van der Waals surface area (Å²) in [7, 11) is 1.36. The van der Waals surface area contributed by atoms with Crippen LogP contribution in [0.15, 0.2) is 28.7 Å². The van der Waals surface area contributed by atoms with Crippen LogP contribution in [-0.2, 0) is 9.59 Å². The molecule has 39 heavy (non-hydrogen) atoms. The Kier molecular flexibility index (Phi) is 10.3. The molecule has 7 nitrogen and oxygen atoms in total. The summed E-state index contributed by atoms with van der Waals surface area (Å²) in [5, 5.41) is 7.89. The van der Waals surface area contributed by atoms with Crippen molar-refractivity contribution in [2.45, 2.75) is 45.7 Å². The van der Waals surface area contributed by atoms with Crippen molar-refractivity contribution in [3.8, 4) is 5.75 Å². The van der Waals surface area contributed by atoms with Gasteiger partial charge in [-0.2, -0.15) is 13.2 Å². The summed E-state index contributed by atoms with van der Waals surface area (Å²) in [4.78, 5) is 37.9. The summed E-state index contributed by atoms with van der Waals surface area (Å²) >= 11 is 6.62. The van der Waals surface area contributed by atoms with Gasteiger partial charge in [-0.3, -0.25) is 9.59 Å². The average Bonchev–Trinajstić information content (AvgIpc) is 2.86. The van der Waals surface area contributed by atoms with Crippen LogP contribution in [0.25, 0.3) is 0 Å². The van der Waals surface area contributed by atoms with E-state index in [1.165, 1.54) is 23.5 Å². The summed E-state index contributed by atoms with van der Waals surface area (Å²) < 4.78 is 49.5. The average molecular weight is 588 g/mol. The number of piperidine rings is 1. The molecule has 1 aliphatic heterocycles. The smallest absolute Gasteiger partial charge is 0.424 e. The summed E-state index contributed by atoms with van der Waals surface area (Å²) in [6, 6.07) is 4.62. The third-order valence-corrected chi connectivity index (χ3v) is 8.62. The van der Waals surface area contributed by atoms with Crippen LogP contribution in [0.4, 0.5) is 13.2 Å². The molecule has 0 radical (unpaired) electrons. The number of nitrogens with one attached hydrogen (secondary N) is 1. The Labute approximate surface area is 235 Å². The monoisotopic (exact) mass is 587 g/mol. The minimum atomic E-state index is -4.91. The molecule has 214 valence electrons. The Morgan fingerprint density at radius 2 is 1.90 bits per heavy atom. The van der Waals surface area contributed by atoms with Crippen LogP contribution in [0, 0.1) is 22.7 Å². The molecule has 1 saturated carbocycles. The first-order valence-corrected chi connectivity index (χ1v) is 13.8. The van der Waals surface area contributed by atoms with E-state index in [0.717, 1.165) is 24.0 Å². The number of alkyl halides is 3. The van der Waals surface area contributed by atoms with Gasteiger partial charge in [0.15, 0.2) is 5.78 Å². The Hall–Kier alpha value is -2.37. The molecule has 1 amide bonds. The lowest BCUT2D eigenvalue weighted by atomic mass is 9.64. The zero-order valence-corrected chi connectivity index (χ0v) is 23.7. The Balaban J connectivity index is 1.94. The number of aldehydes is 1. The predicted molar refractivity (Wildman–Crippen MR) is 145 cm³/mol. The van der Waals surface area contributed by atoms with Crippen molar-refractivity contribution in [3.63, 3.8) is 0 Å². The standard InChI is InChI=1S/C27H33ClF3N3O4S/c1-26(2)11-18(12-26)14-33(15-21(36)23-20(28)5-4-6-22(23)38-3)25(37)19(13-32)24(27(29,30)31)39-34-9-7-17(16-35)8-10-34/h4-6,13,16-18,32H,7-12,14-15H2,1-3H3/b24-19+,32-13?. The van der Waals surface area contributed by atoms with Gasteiger partial charge in [0.1, 0.15) is 16.9 Å². The highest BCUT2D eigenvalue weighted by Gasteiger charge is 2.43. The molecule has 0 aromatic heterocycles. The van der Waals surface area contributed by atoms with E-state index < -0.39 is 34.9 Å². The predicted octanol–water partition coefficient (Wildman–Crippen LogP) is 5.82. The Morgan fingerprint density at radius 1 is 1.26 bits per heavy atom. The number of carbonyl (C=O) groups is 3. The van der Waals surface area contributed by atoms with Crippen LogP contribution in [0.2, 0.25) is 5.02 Å². The van der Waals surface area contributed by atoms with E-state index in [0.29, 0.717) is 31.0 Å². The first-order chi connectivity index (χ1) is 18.3. The number of benzene rings is 1. The quantitative estimate of drug-likeness (QED) is 0.115. The number of methoxy groups -OCH3 is 1. The second-order valence-corrected chi connectivity index (χ2v) is 12.3. The highest BCUT2D eigenvalue weighted by molar-refractivity contribution is 8.01. The Bertz CT molecular complexity index is 1130. The normalized spacial score (nSPS) is 19.1. The van der Waals surface area contributed by atoms with E-state index >= 15 is 0 Å². The van der Waals surface area contributed by atoms with Crippen LogP contribution in [-0.4, -0.2) is 72.9 Å². The lowest BCUT2D eigenvalue weighted by Gasteiger charge is -2.44. The van der Waals surface area contributed by atoms with Gasteiger partial charge < -0.3 is 19.8 Å². The van der Waals surface area contributed by atoms with Crippen molar-refractivity contribution in [2.24, 2.45) is 17.3 Å². The molecular weight excluding hydrogens is 555 g/mol. The van der Waals surface area contributed by atoms with Crippen molar-refractivity contribution >= 4 is 47.7 Å². The molecule has 3 rings (SSSR count). The topological polar surface area (TPSA) is 90.8 Å². The lowest BCUT2D eigenvalue weighted by molar-refractivity contribution is -0.128. The van der Waals surface area contributed by atoms with E-state index in [2.05, 4.69) is 13.8 Å². The highest BCUT2D eigenvalue weighted by Crippen LogP contribution is 2.45. The third-order valence-electron chi connectivity index (χ3n) is 7.05. The van der Waals surface area contributed by atoms with Crippen molar-refractivity contribution in [3.05, 3.63) is 39.3 Å². The van der Waals surface area contributed by atoms with Gasteiger partial charge in [-0.05, 0) is 61.1 Å². The second kappa shape index (κ2) is 12.9. The van der Waals surface area contributed by atoms with Gasteiger partial charge in [0.2, 0.25) is 0 Å². The maximum atomic E-state index is 14.3. The molecule has 0 atom stereocenters. The van der Waals surface area contributed by atoms with Crippen LogP contribution >= 0.6 is 23.5 Å². The molecule has 2 fully saturated rings. The zero-order valence-electron chi connectivity index (χ0n) is 22.1. The molecule has 1 N–H and O–H groups in total. The highest BCUT2D eigenvalue weighted by atomic mass is 35.5. The number of hydrogen-bond acceptors (Lipinski definition) is 7. The zero-order chi connectivity index (χ0) is 29.0. The first kappa shape index (κ1) is 31.2. The van der Waals surface area contributed by atoms with Crippen molar-refractivity contribution in [1.29, 1.82) is 5.41 Å². The Morgan fingerprint density at radius 3 is 2.41 bits per heavy atom. The number of nitrogens with zero attached hydrogens (tertiary/aromatic N) is 2. The van der Waals surface area contributed by atoms with Crippen LogP contribution in [0.5, 0.6) is 5.75 Å². The number of ketones is 1. The summed E-state index contributed by atoms with van der Waals surface area (Å²) in [6.07, 6.45) is -1.38. The van der Waals surface area contributed by atoms with Gasteiger partial charge in [-0.1, -0.05) is 31.5 Å². The number of Topliss-reactive ketones (excluding diaryl/α,β-unsaturated/α-hetero) is 1. The third kappa shape index (κ3) is 7.85. The molecule has 1 saturated heterocycles. The van der Waals surface area contributed by atoms with Crippen LogP contribution in [0.3, 0.4) is 0 Å². The van der Waals surface area contributed by atoms with Gasteiger partial charge in [-0.25, -0.2) is 4.31 Å². The van der Waals surface area contributed by atoms with Crippen LogP contribution < -0.4 is 4.74 Å². The molecule has 1 aromatic carbocycles. The van der Waals surface area contributed by atoms with Gasteiger partial charge in [0.05, 0.1) is 29.8 Å². The molecule has 0 bridgehead atoms. The number of rotatable bonds is 11. The van der Waals surface area contributed by atoms with E-state index in [4.69, 9.17) is 21.7 Å². The maximum Gasteiger partial charge on any atom is 0.424 e. The second-order valence-electron chi connectivity index (χ2n) is 10.7. The van der Waals surface area contributed by atoms with Gasteiger partial charge >= 0.3 is 6.18 Å². The van der Waals surface area contributed by atoms with E-state index in [1.807, 2.05) is 0 Å². The fourth-order valence-corrected chi connectivity index (χ4v) is 6.51. The first-order valence-electron chi connectivity index (χ1n) is 12.6. The number of amides is 1. The van der Waals surface area contributed by atoms with E-state index in [1.54, 1.807) is 6.07 Å². The molecule has 12 heteroatoms. The fraction of sp³-hybridized carbons (Fsp3) is 0.556. The van der Waals surface area contributed by atoms with Gasteiger partial charge in [0.25, 0.3) is 5.91 Å². The minimum Gasteiger partial charge on any atom is -0.496 e. The van der Waals surface area contributed by atoms with Gasteiger partial charge in [-0.15, -0.1) is 0 Å². The SMILES string of the molecule is COc1cccc(Cl)c1C(=O)CN(CC1CC(C)(C)C1)C(=O)/C(C=N)=C(/SN1CCC(C=O)CC1)C(F)(F)F. The van der Waals surface area contributed by atoms with Crippen LogP contribution in [0.1, 0.15) is 49.9 Å². The molecule has 1 aliphatic carbocycles. The fourth-order valence-electron chi connectivity index (χ4n) is 5.24.